The van der Waals surface area contributed by atoms with Crippen LogP contribution in [0.5, 0.6) is 0 Å². The van der Waals surface area contributed by atoms with Crippen LogP contribution in [0.4, 0.5) is 4.79 Å². The van der Waals surface area contributed by atoms with E-state index < -0.39 is 18.1 Å². The van der Waals surface area contributed by atoms with Gasteiger partial charge in [-0.15, -0.1) is 23.2 Å². The second-order valence-corrected chi connectivity index (χ2v) is 5.42. The highest BCUT2D eigenvalue weighted by atomic mass is 35.5. The van der Waals surface area contributed by atoms with Gasteiger partial charge in [-0.05, 0) is 6.92 Å². The van der Waals surface area contributed by atoms with Crippen LogP contribution in [0.3, 0.4) is 0 Å². The second kappa shape index (κ2) is 4.62. The van der Waals surface area contributed by atoms with E-state index in [4.69, 9.17) is 33.0 Å². The SMILES string of the molecule is CC(Cl)(CCl)CNC(=O)P(=O)(O)O. The minimum absolute atomic E-state index is 0.0655. The van der Waals surface area contributed by atoms with Crippen molar-refractivity contribution in [1.29, 1.82) is 0 Å². The Morgan fingerprint density at radius 2 is 2.08 bits per heavy atom. The van der Waals surface area contributed by atoms with E-state index in [0.717, 1.165) is 0 Å². The predicted octanol–water partition coefficient (Wildman–Crippen LogP) is 1.11. The smallest absolute Gasteiger partial charge is 0.344 e. The molecule has 0 aliphatic heterocycles. The Morgan fingerprint density at radius 1 is 1.62 bits per heavy atom. The van der Waals surface area contributed by atoms with E-state index in [0.29, 0.717) is 0 Å². The topological polar surface area (TPSA) is 86.6 Å². The first kappa shape index (κ1) is 13.2. The zero-order valence-electron chi connectivity index (χ0n) is 6.83. The van der Waals surface area contributed by atoms with E-state index in [1.165, 1.54) is 0 Å². The average molecular weight is 250 g/mol. The maximum atomic E-state index is 10.7. The van der Waals surface area contributed by atoms with Crippen LogP contribution < -0.4 is 5.32 Å². The number of nitrogens with one attached hydrogen (secondary N) is 1. The van der Waals surface area contributed by atoms with E-state index in [2.05, 4.69) is 0 Å². The molecule has 0 aliphatic carbocycles. The molecule has 13 heavy (non-hydrogen) atoms. The van der Waals surface area contributed by atoms with E-state index in [1.807, 2.05) is 5.32 Å². The highest BCUT2D eigenvalue weighted by molar-refractivity contribution is 7.69. The summed E-state index contributed by atoms with van der Waals surface area (Å²) in [5.74, 6) is 0.0655. The Kier molecular flexibility index (Phi) is 4.69. The third kappa shape index (κ3) is 5.49. The number of hydrogen-bond donors (Lipinski definition) is 3. The van der Waals surface area contributed by atoms with Crippen molar-refractivity contribution in [3.05, 3.63) is 0 Å². The molecule has 0 rings (SSSR count). The fourth-order valence-electron chi connectivity index (χ4n) is 0.410. The van der Waals surface area contributed by atoms with Gasteiger partial charge in [0, 0.05) is 12.4 Å². The van der Waals surface area contributed by atoms with Gasteiger partial charge in [-0.3, -0.25) is 4.79 Å². The minimum atomic E-state index is -4.71. The van der Waals surface area contributed by atoms with Gasteiger partial charge < -0.3 is 15.1 Å². The van der Waals surface area contributed by atoms with Crippen LogP contribution in [-0.2, 0) is 4.57 Å². The van der Waals surface area contributed by atoms with Crippen molar-refractivity contribution in [3.8, 4) is 0 Å². The number of amides is 1. The van der Waals surface area contributed by atoms with Crippen molar-refractivity contribution in [2.75, 3.05) is 12.4 Å². The normalized spacial score (nSPS) is 16.4. The van der Waals surface area contributed by atoms with Crippen LogP contribution in [0, 0.1) is 0 Å². The molecular weight excluding hydrogens is 240 g/mol. The van der Waals surface area contributed by atoms with Gasteiger partial charge in [-0.1, -0.05) is 0 Å². The molecule has 8 heteroatoms. The second-order valence-electron chi connectivity index (χ2n) is 2.75. The van der Waals surface area contributed by atoms with E-state index in [9.17, 15) is 9.36 Å². The standard InChI is InChI=1S/C5H10Cl2NO4P/c1-5(7,2-6)3-8-4(9)13(10,11)12/h2-3H2,1H3,(H,8,9)(H2,10,11,12). The van der Waals surface area contributed by atoms with Gasteiger partial charge in [-0.25, -0.2) is 4.57 Å². The van der Waals surface area contributed by atoms with Crippen LogP contribution in [0.2, 0.25) is 0 Å². The lowest BCUT2D eigenvalue weighted by atomic mass is 10.2. The van der Waals surface area contributed by atoms with Gasteiger partial charge in [0.05, 0.1) is 4.87 Å². The average Bonchev–Trinajstić information content (AvgIpc) is 1.98. The summed E-state index contributed by atoms with van der Waals surface area (Å²) in [5, 5.41) is 2.00. The van der Waals surface area contributed by atoms with E-state index in [-0.39, 0.29) is 12.4 Å². The molecule has 0 bridgehead atoms. The molecule has 0 spiro atoms. The molecule has 0 saturated heterocycles. The van der Waals surface area contributed by atoms with Crippen molar-refractivity contribution in [2.24, 2.45) is 0 Å². The van der Waals surface area contributed by atoms with Gasteiger partial charge in [-0.2, -0.15) is 0 Å². The number of carbonyl (C=O) groups is 1. The number of rotatable bonds is 4. The summed E-state index contributed by atoms with van der Waals surface area (Å²) in [6.45, 7) is 1.45. The first-order valence-electron chi connectivity index (χ1n) is 3.28. The van der Waals surface area contributed by atoms with Crippen LogP contribution in [-0.4, -0.2) is 32.7 Å². The van der Waals surface area contributed by atoms with Gasteiger partial charge in [0.1, 0.15) is 0 Å². The summed E-state index contributed by atoms with van der Waals surface area (Å²) in [7, 11) is -4.71. The zero-order valence-corrected chi connectivity index (χ0v) is 9.23. The predicted molar refractivity (Wildman–Crippen MR) is 50.4 cm³/mol. The Balaban J connectivity index is 4.06. The molecule has 0 heterocycles. The molecule has 78 valence electrons. The molecule has 0 saturated carbocycles. The van der Waals surface area contributed by atoms with Crippen molar-refractivity contribution >= 4 is 36.4 Å². The molecule has 0 aromatic rings. The Bertz CT molecular complexity index is 239. The fourth-order valence-corrected chi connectivity index (χ4v) is 0.856. The quantitative estimate of drug-likeness (QED) is 0.515. The van der Waals surface area contributed by atoms with Gasteiger partial charge in [0.2, 0.25) is 0 Å². The first-order chi connectivity index (χ1) is 5.69. The largest absolute Gasteiger partial charge is 0.413 e. The molecule has 0 aromatic heterocycles. The summed E-state index contributed by atoms with van der Waals surface area (Å²) in [5.41, 5.74) is -1.34. The number of hydrogen-bond acceptors (Lipinski definition) is 2. The maximum absolute atomic E-state index is 10.7. The first-order valence-corrected chi connectivity index (χ1v) is 5.80. The maximum Gasteiger partial charge on any atom is 0.413 e. The summed E-state index contributed by atoms with van der Waals surface area (Å²) in [6.07, 6.45) is 0. The molecule has 0 radical (unpaired) electrons. The number of halogens is 2. The van der Waals surface area contributed by atoms with Crippen LogP contribution in [0.15, 0.2) is 0 Å². The lowest BCUT2D eigenvalue weighted by Crippen LogP contribution is -2.37. The van der Waals surface area contributed by atoms with Gasteiger partial charge in [0.15, 0.2) is 0 Å². The zero-order chi connectivity index (χ0) is 10.7. The van der Waals surface area contributed by atoms with Crippen LogP contribution in [0.1, 0.15) is 6.92 Å². The van der Waals surface area contributed by atoms with Gasteiger partial charge in [0.25, 0.3) is 0 Å². The molecule has 0 aliphatic rings. The molecule has 1 atom stereocenters. The van der Waals surface area contributed by atoms with Crippen molar-refractivity contribution in [3.63, 3.8) is 0 Å². The van der Waals surface area contributed by atoms with Gasteiger partial charge >= 0.3 is 13.2 Å². The lowest BCUT2D eigenvalue weighted by molar-refractivity contribution is 0.248. The number of alkyl halides is 2. The molecule has 3 N–H and O–H groups in total. The summed E-state index contributed by atoms with van der Waals surface area (Å²) in [6, 6.07) is 0. The fraction of sp³-hybridized carbons (Fsp3) is 0.800. The molecule has 1 unspecified atom stereocenters. The molecule has 0 aromatic carbocycles. The lowest BCUT2D eigenvalue weighted by Gasteiger charge is -2.18. The Hall–Kier alpha value is 0.200. The van der Waals surface area contributed by atoms with Crippen LogP contribution in [0.25, 0.3) is 0 Å². The van der Waals surface area contributed by atoms with Crippen molar-refractivity contribution in [2.45, 2.75) is 11.8 Å². The minimum Gasteiger partial charge on any atom is -0.344 e. The van der Waals surface area contributed by atoms with Crippen molar-refractivity contribution in [1.82, 2.24) is 5.32 Å². The summed E-state index contributed by atoms with van der Waals surface area (Å²) >= 11 is 11.1. The van der Waals surface area contributed by atoms with E-state index >= 15 is 0 Å². The Morgan fingerprint density at radius 3 is 2.38 bits per heavy atom. The molecular formula is C5H10Cl2NO4P. The summed E-state index contributed by atoms with van der Waals surface area (Å²) < 4.78 is 10.3. The molecule has 5 nitrogen and oxygen atoms in total. The molecule has 0 fully saturated rings. The summed E-state index contributed by atoms with van der Waals surface area (Å²) in [4.78, 5) is 26.5. The van der Waals surface area contributed by atoms with Crippen LogP contribution >= 0.6 is 30.8 Å². The Labute approximate surface area is 85.6 Å². The van der Waals surface area contributed by atoms with Crippen molar-refractivity contribution < 1.29 is 19.1 Å². The third-order valence-corrected chi connectivity index (χ3v) is 2.83. The third-order valence-electron chi connectivity index (χ3n) is 1.15. The number of carbonyl (C=O) groups excluding carboxylic acids is 1. The highest BCUT2D eigenvalue weighted by Gasteiger charge is 2.28. The highest BCUT2D eigenvalue weighted by Crippen LogP contribution is 2.35. The monoisotopic (exact) mass is 249 g/mol. The van der Waals surface area contributed by atoms with E-state index in [1.54, 1.807) is 6.92 Å². The molecule has 1 amide bonds.